The van der Waals surface area contributed by atoms with Crippen molar-refractivity contribution in [2.75, 3.05) is 25.6 Å². The minimum atomic E-state index is -0.0572. The summed E-state index contributed by atoms with van der Waals surface area (Å²) >= 11 is 0. The summed E-state index contributed by atoms with van der Waals surface area (Å²) in [5, 5.41) is 5.86. The maximum atomic E-state index is 12.6. The number of amides is 2. The van der Waals surface area contributed by atoms with Gasteiger partial charge in [-0.25, -0.2) is 0 Å². The van der Waals surface area contributed by atoms with E-state index >= 15 is 0 Å². The van der Waals surface area contributed by atoms with Crippen molar-refractivity contribution in [3.8, 4) is 11.5 Å². The van der Waals surface area contributed by atoms with Crippen LogP contribution in [0, 0.1) is 11.8 Å². The molecule has 0 heterocycles. The molecule has 0 radical (unpaired) electrons. The summed E-state index contributed by atoms with van der Waals surface area (Å²) in [6, 6.07) is 16.9. The van der Waals surface area contributed by atoms with Crippen molar-refractivity contribution in [1.82, 2.24) is 5.32 Å². The van der Waals surface area contributed by atoms with Gasteiger partial charge < -0.3 is 20.1 Å². The predicted octanol–water partition coefficient (Wildman–Crippen LogP) is 3.99. The van der Waals surface area contributed by atoms with E-state index in [4.69, 9.17) is 9.47 Å². The molecule has 1 saturated carbocycles. The van der Waals surface area contributed by atoms with E-state index in [1.54, 1.807) is 7.11 Å². The van der Waals surface area contributed by atoms with Gasteiger partial charge in [-0.15, -0.1) is 0 Å². The number of methoxy groups -OCH3 is 1. The lowest BCUT2D eigenvalue weighted by Crippen LogP contribution is -2.36. The van der Waals surface area contributed by atoms with Gasteiger partial charge in [0.15, 0.2) is 0 Å². The van der Waals surface area contributed by atoms with Crippen molar-refractivity contribution < 1.29 is 19.1 Å². The van der Waals surface area contributed by atoms with Crippen molar-refractivity contribution in [3.63, 3.8) is 0 Å². The van der Waals surface area contributed by atoms with Crippen molar-refractivity contribution in [2.24, 2.45) is 11.8 Å². The number of hydrogen-bond acceptors (Lipinski definition) is 4. The third kappa shape index (κ3) is 6.32. The molecule has 6 heteroatoms. The van der Waals surface area contributed by atoms with E-state index in [0.717, 1.165) is 37.1 Å². The van der Waals surface area contributed by atoms with Gasteiger partial charge in [0.2, 0.25) is 11.8 Å². The fraction of sp³-hybridized carbons (Fsp3) is 0.391. The normalized spacial score (nSPS) is 18.7. The third-order valence-corrected chi connectivity index (χ3v) is 5.17. The molecule has 3 rings (SSSR count). The molecule has 0 aromatic heterocycles. The van der Waals surface area contributed by atoms with Crippen molar-refractivity contribution in [1.29, 1.82) is 0 Å². The number of carbonyl (C=O) groups excluding carboxylic acids is 2. The standard InChI is InChI=1S/C23H28N2O4/c1-28-16-15-24-22(26)17-7-9-18(10-8-17)23(27)25-19-11-13-21(14-12-19)29-20-5-3-2-4-6-20/h2-6,11-14,17-18H,7-10,15-16H2,1H3,(H,24,26)(H,25,27). The smallest absolute Gasteiger partial charge is 0.227 e. The Morgan fingerprint density at radius 2 is 1.45 bits per heavy atom. The lowest BCUT2D eigenvalue weighted by atomic mass is 9.81. The number of carbonyl (C=O) groups is 2. The molecule has 6 nitrogen and oxygen atoms in total. The molecule has 154 valence electrons. The van der Waals surface area contributed by atoms with Crippen molar-refractivity contribution in [2.45, 2.75) is 25.7 Å². The molecule has 0 unspecified atom stereocenters. The second kappa shape index (κ2) is 10.6. The highest BCUT2D eigenvalue weighted by molar-refractivity contribution is 5.92. The highest BCUT2D eigenvalue weighted by Crippen LogP contribution is 2.30. The quantitative estimate of drug-likeness (QED) is 0.662. The Bertz CT molecular complexity index is 784. The van der Waals surface area contributed by atoms with E-state index in [0.29, 0.717) is 18.9 Å². The largest absolute Gasteiger partial charge is 0.457 e. The zero-order chi connectivity index (χ0) is 20.5. The fourth-order valence-corrected chi connectivity index (χ4v) is 3.51. The Kier molecular flexibility index (Phi) is 7.64. The molecule has 2 amide bonds. The summed E-state index contributed by atoms with van der Waals surface area (Å²) < 4.78 is 10.7. The van der Waals surface area contributed by atoms with Gasteiger partial charge in [-0.1, -0.05) is 18.2 Å². The highest BCUT2D eigenvalue weighted by atomic mass is 16.5. The van der Waals surface area contributed by atoms with Crippen LogP contribution in [-0.4, -0.2) is 32.1 Å². The van der Waals surface area contributed by atoms with Gasteiger partial charge in [0.25, 0.3) is 0 Å². The number of anilines is 1. The van der Waals surface area contributed by atoms with Crippen LogP contribution in [0.15, 0.2) is 54.6 Å². The molecular weight excluding hydrogens is 368 g/mol. The van der Waals surface area contributed by atoms with Crippen LogP contribution in [0.5, 0.6) is 11.5 Å². The van der Waals surface area contributed by atoms with Gasteiger partial charge in [0.1, 0.15) is 11.5 Å². The zero-order valence-corrected chi connectivity index (χ0v) is 16.7. The maximum absolute atomic E-state index is 12.6. The third-order valence-electron chi connectivity index (χ3n) is 5.17. The summed E-state index contributed by atoms with van der Waals surface area (Å²) in [6.45, 7) is 1.04. The summed E-state index contributed by atoms with van der Waals surface area (Å²) in [5.74, 6) is 1.50. The minimum Gasteiger partial charge on any atom is -0.457 e. The van der Waals surface area contributed by atoms with E-state index in [1.807, 2.05) is 54.6 Å². The molecule has 2 aromatic rings. The Hall–Kier alpha value is -2.86. The average molecular weight is 396 g/mol. The number of hydrogen-bond donors (Lipinski definition) is 2. The lowest BCUT2D eigenvalue weighted by Gasteiger charge is -2.27. The van der Waals surface area contributed by atoms with Crippen molar-refractivity contribution >= 4 is 17.5 Å². The lowest BCUT2D eigenvalue weighted by molar-refractivity contribution is -0.128. The van der Waals surface area contributed by atoms with E-state index in [9.17, 15) is 9.59 Å². The van der Waals surface area contributed by atoms with Crippen LogP contribution >= 0.6 is 0 Å². The van der Waals surface area contributed by atoms with Crippen LogP contribution in [0.2, 0.25) is 0 Å². The first-order valence-electron chi connectivity index (χ1n) is 10.1. The van der Waals surface area contributed by atoms with Crippen LogP contribution in [0.1, 0.15) is 25.7 Å². The zero-order valence-electron chi connectivity index (χ0n) is 16.7. The van der Waals surface area contributed by atoms with Crippen LogP contribution in [0.4, 0.5) is 5.69 Å². The van der Waals surface area contributed by atoms with Crippen LogP contribution in [0.25, 0.3) is 0 Å². The van der Waals surface area contributed by atoms with Gasteiger partial charge in [0.05, 0.1) is 6.61 Å². The Labute approximate surface area is 171 Å². The Morgan fingerprint density at radius 1 is 0.862 bits per heavy atom. The van der Waals surface area contributed by atoms with E-state index in [-0.39, 0.29) is 23.7 Å². The first kappa shape index (κ1) is 20.9. The van der Waals surface area contributed by atoms with E-state index in [2.05, 4.69) is 10.6 Å². The second-order valence-electron chi connectivity index (χ2n) is 7.26. The SMILES string of the molecule is COCCNC(=O)C1CCC(C(=O)Nc2ccc(Oc3ccccc3)cc2)CC1. The summed E-state index contributed by atoms with van der Waals surface area (Å²) in [5.41, 5.74) is 0.745. The molecule has 2 N–H and O–H groups in total. The van der Waals surface area contributed by atoms with Gasteiger partial charge in [-0.05, 0) is 62.1 Å². The van der Waals surface area contributed by atoms with Gasteiger partial charge in [-0.3, -0.25) is 9.59 Å². The van der Waals surface area contributed by atoms with Crippen molar-refractivity contribution in [3.05, 3.63) is 54.6 Å². The van der Waals surface area contributed by atoms with Gasteiger partial charge >= 0.3 is 0 Å². The summed E-state index contributed by atoms with van der Waals surface area (Å²) in [7, 11) is 1.61. The molecule has 29 heavy (non-hydrogen) atoms. The molecular formula is C23H28N2O4. The van der Waals surface area contributed by atoms with Gasteiger partial charge in [0, 0.05) is 31.2 Å². The van der Waals surface area contributed by atoms with E-state index in [1.165, 1.54) is 0 Å². The number of benzene rings is 2. The van der Waals surface area contributed by atoms with Crippen LogP contribution in [0.3, 0.4) is 0 Å². The number of ether oxygens (including phenoxy) is 2. The monoisotopic (exact) mass is 396 g/mol. The molecule has 1 aliphatic carbocycles. The average Bonchev–Trinajstić information content (AvgIpc) is 2.76. The van der Waals surface area contributed by atoms with Crippen LogP contribution in [-0.2, 0) is 14.3 Å². The van der Waals surface area contributed by atoms with Crippen LogP contribution < -0.4 is 15.4 Å². The maximum Gasteiger partial charge on any atom is 0.227 e. The first-order valence-corrected chi connectivity index (χ1v) is 10.1. The molecule has 1 fully saturated rings. The fourth-order valence-electron chi connectivity index (χ4n) is 3.51. The van der Waals surface area contributed by atoms with E-state index < -0.39 is 0 Å². The number of nitrogens with one attached hydrogen (secondary N) is 2. The summed E-state index contributed by atoms with van der Waals surface area (Å²) in [4.78, 5) is 24.7. The molecule has 0 aliphatic heterocycles. The molecule has 0 saturated heterocycles. The second-order valence-corrected chi connectivity index (χ2v) is 7.26. The Balaban J connectivity index is 1.44. The summed E-state index contributed by atoms with van der Waals surface area (Å²) in [6.07, 6.45) is 2.92. The first-order chi connectivity index (χ1) is 14.2. The number of rotatable bonds is 8. The Morgan fingerprint density at radius 3 is 2.07 bits per heavy atom. The van der Waals surface area contributed by atoms with Gasteiger partial charge in [-0.2, -0.15) is 0 Å². The molecule has 2 aromatic carbocycles. The molecule has 0 spiro atoms. The minimum absolute atomic E-state index is 0.00896. The predicted molar refractivity (Wildman–Crippen MR) is 112 cm³/mol. The molecule has 0 atom stereocenters. The number of para-hydroxylation sites is 1. The topological polar surface area (TPSA) is 76.7 Å². The molecule has 0 bridgehead atoms. The highest BCUT2D eigenvalue weighted by Gasteiger charge is 2.29. The molecule has 1 aliphatic rings.